The van der Waals surface area contributed by atoms with Crippen LogP contribution in [0.25, 0.3) is 0 Å². The van der Waals surface area contributed by atoms with Gasteiger partial charge < -0.3 is 14.2 Å². The van der Waals surface area contributed by atoms with Crippen LogP contribution >= 0.6 is 0 Å². The summed E-state index contributed by atoms with van der Waals surface area (Å²) in [7, 11) is 0. The van der Waals surface area contributed by atoms with Crippen molar-refractivity contribution in [3.63, 3.8) is 0 Å². The van der Waals surface area contributed by atoms with Crippen molar-refractivity contribution in [2.45, 2.75) is 38.6 Å². The molecule has 1 saturated carbocycles. The van der Waals surface area contributed by atoms with Crippen molar-refractivity contribution >= 4 is 5.91 Å². The summed E-state index contributed by atoms with van der Waals surface area (Å²) in [4.78, 5) is 27.7. The second-order valence-corrected chi connectivity index (χ2v) is 7.85. The summed E-state index contributed by atoms with van der Waals surface area (Å²) in [5.41, 5.74) is 0.844. The minimum Gasteiger partial charge on any atom is -0.493 e. The highest BCUT2D eigenvalue weighted by Gasteiger charge is 2.30. The zero-order chi connectivity index (χ0) is 19.7. The smallest absolute Gasteiger partial charge is 0.263 e. The van der Waals surface area contributed by atoms with Gasteiger partial charge in [0.25, 0.3) is 11.5 Å². The number of aromatic nitrogens is 1. The molecule has 1 aliphatic heterocycles. The minimum absolute atomic E-state index is 0.163. The van der Waals surface area contributed by atoms with E-state index in [-0.39, 0.29) is 29.2 Å². The maximum Gasteiger partial charge on any atom is 0.263 e. The van der Waals surface area contributed by atoms with Crippen molar-refractivity contribution in [3.8, 4) is 5.75 Å². The molecule has 28 heavy (non-hydrogen) atoms. The molecule has 6 heteroatoms. The Balaban J connectivity index is 1.45. The number of nitrogens with zero attached hydrogens (tertiary/aromatic N) is 2. The van der Waals surface area contributed by atoms with E-state index in [0.29, 0.717) is 31.0 Å². The number of carbonyl (C=O) groups is 1. The first-order chi connectivity index (χ1) is 13.5. The number of likely N-dealkylation sites (tertiary alicyclic amines) is 1. The Morgan fingerprint density at radius 3 is 2.82 bits per heavy atom. The standard InChI is InChI=1S/C22H25FN2O3/c1-15-9-11-25(18-7-8-18)22(27)20(15)21(26)24-10-3-4-16(13-24)14-28-19-6-2-5-17(23)12-19/h2,5-6,9,11-12,16,18H,3-4,7-8,10,13-14H2,1H3. The number of pyridine rings is 1. The molecule has 1 aromatic heterocycles. The summed E-state index contributed by atoms with van der Waals surface area (Å²) in [6.45, 7) is 3.44. The van der Waals surface area contributed by atoms with Gasteiger partial charge in [0.2, 0.25) is 0 Å². The Labute approximate surface area is 163 Å². The van der Waals surface area contributed by atoms with Gasteiger partial charge in [-0.25, -0.2) is 4.39 Å². The Morgan fingerprint density at radius 2 is 2.07 bits per heavy atom. The molecule has 2 aromatic rings. The number of hydrogen-bond donors (Lipinski definition) is 0. The lowest BCUT2D eigenvalue weighted by atomic mass is 9.98. The average Bonchev–Trinajstić information content (AvgIpc) is 3.52. The zero-order valence-corrected chi connectivity index (χ0v) is 16.1. The van der Waals surface area contributed by atoms with Gasteiger partial charge in [0.05, 0.1) is 6.61 Å². The van der Waals surface area contributed by atoms with Crippen molar-refractivity contribution in [3.05, 3.63) is 63.8 Å². The lowest BCUT2D eigenvalue weighted by Crippen LogP contribution is -2.44. The van der Waals surface area contributed by atoms with Crippen molar-refractivity contribution in [1.82, 2.24) is 9.47 Å². The lowest BCUT2D eigenvalue weighted by molar-refractivity contribution is 0.0630. The van der Waals surface area contributed by atoms with Crippen molar-refractivity contribution in [2.24, 2.45) is 5.92 Å². The van der Waals surface area contributed by atoms with Gasteiger partial charge in [-0.1, -0.05) is 6.07 Å². The van der Waals surface area contributed by atoms with Crippen LogP contribution in [0.15, 0.2) is 41.3 Å². The van der Waals surface area contributed by atoms with Gasteiger partial charge in [-0.15, -0.1) is 0 Å². The van der Waals surface area contributed by atoms with Crippen molar-refractivity contribution in [1.29, 1.82) is 0 Å². The van der Waals surface area contributed by atoms with Crippen LogP contribution in [0, 0.1) is 18.7 Å². The Hall–Kier alpha value is -2.63. The monoisotopic (exact) mass is 384 g/mol. The molecule has 2 aliphatic rings. The first-order valence-corrected chi connectivity index (χ1v) is 9.92. The largest absolute Gasteiger partial charge is 0.493 e. The van der Waals surface area contributed by atoms with Crippen LogP contribution in [0.2, 0.25) is 0 Å². The van der Waals surface area contributed by atoms with Crippen LogP contribution in [0.1, 0.15) is 47.6 Å². The summed E-state index contributed by atoms with van der Waals surface area (Å²) < 4.78 is 20.7. The Morgan fingerprint density at radius 1 is 1.25 bits per heavy atom. The van der Waals surface area contributed by atoms with Crippen molar-refractivity contribution in [2.75, 3.05) is 19.7 Å². The summed E-state index contributed by atoms with van der Waals surface area (Å²) in [5.74, 6) is 0.141. The van der Waals surface area contributed by atoms with Crippen molar-refractivity contribution < 1.29 is 13.9 Å². The average molecular weight is 384 g/mol. The number of aryl methyl sites for hydroxylation is 1. The van der Waals surface area contributed by atoms with Gasteiger partial charge in [-0.2, -0.15) is 0 Å². The molecule has 4 rings (SSSR count). The third-order valence-corrected chi connectivity index (χ3v) is 5.57. The molecule has 1 atom stereocenters. The van der Waals surface area contributed by atoms with E-state index in [0.717, 1.165) is 31.2 Å². The van der Waals surface area contributed by atoms with Gasteiger partial charge in [0.1, 0.15) is 17.1 Å². The maximum absolute atomic E-state index is 13.3. The van der Waals surface area contributed by atoms with Gasteiger partial charge in [0.15, 0.2) is 0 Å². The summed E-state index contributed by atoms with van der Waals surface area (Å²) in [6, 6.07) is 8.19. The maximum atomic E-state index is 13.3. The van der Waals surface area contributed by atoms with E-state index < -0.39 is 0 Å². The predicted octanol–water partition coefficient (Wildman–Crippen LogP) is 3.56. The number of amides is 1. The van der Waals surface area contributed by atoms with Crippen LogP contribution in [-0.2, 0) is 0 Å². The van der Waals surface area contributed by atoms with E-state index >= 15 is 0 Å². The molecule has 1 unspecified atom stereocenters. The molecule has 5 nitrogen and oxygen atoms in total. The molecule has 2 heterocycles. The van der Waals surface area contributed by atoms with E-state index in [9.17, 15) is 14.0 Å². The number of ether oxygens (including phenoxy) is 1. The Kier molecular flexibility index (Phi) is 5.20. The predicted molar refractivity (Wildman–Crippen MR) is 104 cm³/mol. The summed E-state index contributed by atoms with van der Waals surface area (Å²) >= 11 is 0. The topological polar surface area (TPSA) is 51.5 Å². The van der Waals surface area contributed by atoms with E-state index in [1.165, 1.54) is 12.1 Å². The van der Waals surface area contributed by atoms with E-state index in [4.69, 9.17) is 4.74 Å². The highest BCUT2D eigenvalue weighted by molar-refractivity contribution is 5.95. The second kappa shape index (κ2) is 7.78. The highest BCUT2D eigenvalue weighted by Crippen LogP contribution is 2.33. The fraction of sp³-hybridized carbons (Fsp3) is 0.455. The number of hydrogen-bond acceptors (Lipinski definition) is 3. The molecule has 2 fully saturated rings. The molecule has 1 amide bonds. The lowest BCUT2D eigenvalue weighted by Gasteiger charge is -2.33. The third-order valence-electron chi connectivity index (χ3n) is 5.57. The Bertz CT molecular complexity index is 936. The molecular formula is C22H25FN2O3. The molecule has 0 bridgehead atoms. The van der Waals surface area contributed by atoms with Crippen LogP contribution in [0.4, 0.5) is 4.39 Å². The minimum atomic E-state index is -0.329. The fourth-order valence-corrected chi connectivity index (χ4v) is 3.86. The van der Waals surface area contributed by atoms with E-state index in [1.54, 1.807) is 27.8 Å². The SMILES string of the molecule is Cc1ccn(C2CC2)c(=O)c1C(=O)N1CCCC(COc2cccc(F)c2)C1. The quantitative estimate of drug-likeness (QED) is 0.792. The number of benzene rings is 1. The molecule has 0 spiro atoms. The number of carbonyl (C=O) groups excluding carboxylic acids is 1. The van der Waals surface area contributed by atoms with Crippen LogP contribution in [-0.4, -0.2) is 35.1 Å². The second-order valence-electron chi connectivity index (χ2n) is 7.85. The van der Waals surface area contributed by atoms with Crippen LogP contribution in [0.5, 0.6) is 5.75 Å². The zero-order valence-electron chi connectivity index (χ0n) is 16.1. The van der Waals surface area contributed by atoms with Gasteiger partial charge >= 0.3 is 0 Å². The molecule has 1 saturated heterocycles. The number of halogens is 1. The van der Waals surface area contributed by atoms with Crippen LogP contribution < -0.4 is 10.3 Å². The molecule has 0 radical (unpaired) electrons. The molecule has 0 N–H and O–H groups in total. The molecule has 148 valence electrons. The van der Waals surface area contributed by atoms with E-state index in [1.807, 2.05) is 13.0 Å². The van der Waals surface area contributed by atoms with Crippen LogP contribution in [0.3, 0.4) is 0 Å². The van der Waals surface area contributed by atoms with Gasteiger partial charge in [-0.3, -0.25) is 9.59 Å². The number of rotatable bonds is 5. The highest BCUT2D eigenvalue weighted by atomic mass is 19.1. The summed E-state index contributed by atoms with van der Waals surface area (Å²) in [5, 5.41) is 0. The number of piperidine rings is 1. The molecule has 1 aromatic carbocycles. The molecular weight excluding hydrogens is 359 g/mol. The van der Waals surface area contributed by atoms with E-state index in [2.05, 4.69) is 0 Å². The first kappa shape index (κ1) is 18.7. The first-order valence-electron chi connectivity index (χ1n) is 9.92. The van der Waals surface area contributed by atoms with Gasteiger partial charge in [-0.05, 0) is 56.4 Å². The summed E-state index contributed by atoms with van der Waals surface area (Å²) in [6.07, 6.45) is 5.61. The normalized spacial score (nSPS) is 19.5. The fourth-order valence-electron chi connectivity index (χ4n) is 3.86. The molecule has 1 aliphatic carbocycles. The third kappa shape index (κ3) is 3.96. The van der Waals surface area contributed by atoms with Gasteiger partial charge in [0, 0.05) is 37.3 Å².